The molecule has 2 atom stereocenters. The van der Waals surface area contributed by atoms with Crippen LogP contribution < -0.4 is 10.6 Å². The molecular weight excluding hydrogens is 478 g/mol. The number of amides is 3. The summed E-state index contributed by atoms with van der Waals surface area (Å²) in [6, 6.07) is 13.5. The normalized spacial score (nSPS) is 13.3. The number of aromatic hydroxyl groups is 1. The van der Waals surface area contributed by atoms with Gasteiger partial charge in [-0.3, -0.25) is 9.59 Å². The number of hydrogen-bond donors (Lipinski definition) is 4. The molecule has 0 aliphatic heterocycles. The zero-order chi connectivity index (χ0) is 27.1. The minimum absolute atomic E-state index is 0.0109. The predicted octanol–water partition coefficient (Wildman–Crippen LogP) is 4.20. The molecule has 0 fully saturated rings. The van der Waals surface area contributed by atoms with Crippen LogP contribution >= 0.6 is 12.6 Å². The first-order valence-corrected chi connectivity index (χ1v) is 12.4. The summed E-state index contributed by atoms with van der Waals surface area (Å²) in [5.74, 6) is -0.981. The van der Waals surface area contributed by atoms with Crippen molar-refractivity contribution in [3.05, 3.63) is 65.7 Å². The Morgan fingerprint density at radius 3 is 2.17 bits per heavy atom. The van der Waals surface area contributed by atoms with E-state index in [9.17, 15) is 19.5 Å². The molecular formula is C27H37N3O5S. The second kappa shape index (κ2) is 12.2. The van der Waals surface area contributed by atoms with Crippen molar-refractivity contribution in [1.82, 2.24) is 15.5 Å². The number of rotatable bonds is 8. The lowest BCUT2D eigenvalue weighted by Gasteiger charge is -2.43. The average Bonchev–Trinajstić information content (AvgIpc) is 2.77. The highest BCUT2D eigenvalue weighted by Crippen LogP contribution is 2.31. The predicted molar refractivity (Wildman–Crippen MR) is 143 cm³/mol. The van der Waals surface area contributed by atoms with E-state index < -0.39 is 41.1 Å². The van der Waals surface area contributed by atoms with Crippen molar-refractivity contribution < 1.29 is 24.2 Å². The van der Waals surface area contributed by atoms with E-state index in [1.165, 1.54) is 17.0 Å². The number of alkyl carbamates (subject to hydrolysis) is 1. The lowest BCUT2D eigenvalue weighted by atomic mass is 9.95. The number of carbonyl (C=O) groups is 3. The van der Waals surface area contributed by atoms with Crippen molar-refractivity contribution in [2.75, 3.05) is 5.75 Å². The zero-order valence-corrected chi connectivity index (χ0v) is 22.6. The number of benzene rings is 2. The van der Waals surface area contributed by atoms with Crippen LogP contribution in [0.15, 0.2) is 54.6 Å². The Kier molecular flexibility index (Phi) is 9.81. The number of thiol groups is 1. The van der Waals surface area contributed by atoms with E-state index >= 15 is 0 Å². The molecule has 2 aromatic carbocycles. The Morgan fingerprint density at radius 1 is 1.00 bits per heavy atom. The third kappa shape index (κ3) is 8.48. The Labute approximate surface area is 218 Å². The number of hydrogen-bond acceptors (Lipinski definition) is 6. The van der Waals surface area contributed by atoms with Crippen LogP contribution in [0, 0.1) is 0 Å². The van der Waals surface area contributed by atoms with Crippen LogP contribution in [0.1, 0.15) is 58.7 Å². The molecule has 0 saturated carbocycles. The van der Waals surface area contributed by atoms with E-state index in [1.807, 2.05) is 30.3 Å². The molecule has 0 saturated heterocycles. The molecule has 2 unspecified atom stereocenters. The summed E-state index contributed by atoms with van der Waals surface area (Å²) in [7, 11) is 0. The highest BCUT2D eigenvalue weighted by Gasteiger charge is 2.41. The molecule has 3 amide bonds. The van der Waals surface area contributed by atoms with Crippen LogP contribution in [0.4, 0.5) is 4.79 Å². The quantitative estimate of drug-likeness (QED) is 0.394. The first kappa shape index (κ1) is 29.0. The maximum absolute atomic E-state index is 13.9. The fourth-order valence-electron chi connectivity index (χ4n) is 3.64. The number of carbonyl (C=O) groups excluding carboxylic acids is 3. The summed E-state index contributed by atoms with van der Waals surface area (Å²) < 4.78 is 5.31. The summed E-state index contributed by atoms with van der Waals surface area (Å²) in [6.07, 6.45) is -0.758. The van der Waals surface area contributed by atoms with Gasteiger partial charge >= 0.3 is 6.09 Å². The second-order valence-corrected chi connectivity index (χ2v) is 10.8. The number of ether oxygens (including phenoxy) is 1. The SMILES string of the molecule is CC(C)(C)OC(=O)NC(CS)C(=O)N(C(C(=O)NCc1ccccc1)c1cccc(O)c1)C(C)(C)C. The van der Waals surface area contributed by atoms with Gasteiger partial charge in [-0.2, -0.15) is 12.6 Å². The molecule has 0 bridgehead atoms. The van der Waals surface area contributed by atoms with Crippen molar-refractivity contribution in [2.24, 2.45) is 0 Å². The van der Waals surface area contributed by atoms with E-state index in [4.69, 9.17) is 4.74 Å². The molecule has 2 rings (SSSR count). The Morgan fingerprint density at radius 2 is 1.64 bits per heavy atom. The highest BCUT2D eigenvalue weighted by molar-refractivity contribution is 7.80. The van der Waals surface area contributed by atoms with E-state index in [0.717, 1.165) is 5.56 Å². The second-order valence-electron chi connectivity index (χ2n) is 10.5. The molecule has 0 heterocycles. The van der Waals surface area contributed by atoms with Gasteiger partial charge in [-0.05, 0) is 64.8 Å². The van der Waals surface area contributed by atoms with Crippen molar-refractivity contribution in [2.45, 2.75) is 71.3 Å². The first-order chi connectivity index (χ1) is 16.7. The summed E-state index contributed by atoms with van der Waals surface area (Å²) >= 11 is 4.29. The minimum Gasteiger partial charge on any atom is -0.508 e. The smallest absolute Gasteiger partial charge is 0.408 e. The fraction of sp³-hybridized carbons (Fsp3) is 0.444. The molecule has 3 N–H and O–H groups in total. The third-order valence-corrected chi connectivity index (χ3v) is 5.50. The van der Waals surface area contributed by atoms with Gasteiger partial charge in [0, 0.05) is 17.8 Å². The molecule has 0 aliphatic rings. The van der Waals surface area contributed by atoms with Crippen LogP contribution in [0.3, 0.4) is 0 Å². The molecule has 196 valence electrons. The molecule has 0 spiro atoms. The van der Waals surface area contributed by atoms with E-state index in [-0.39, 0.29) is 18.0 Å². The maximum Gasteiger partial charge on any atom is 0.408 e. The van der Waals surface area contributed by atoms with Crippen molar-refractivity contribution >= 4 is 30.5 Å². The Hall–Kier alpha value is -3.20. The zero-order valence-electron chi connectivity index (χ0n) is 21.7. The van der Waals surface area contributed by atoms with Crippen LogP contribution in [-0.2, 0) is 20.9 Å². The fourth-order valence-corrected chi connectivity index (χ4v) is 3.89. The van der Waals surface area contributed by atoms with Gasteiger partial charge in [0.15, 0.2) is 0 Å². The molecule has 36 heavy (non-hydrogen) atoms. The molecule has 0 radical (unpaired) electrons. The van der Waals surface area contributed by atoms with Crippen LogP contribution in [-0.4, -0.2) is 50.8 Å². The molecule has 0 aromatic heterocycles. The van der Waals surface area contributed by atoms with Gasteiger partial charge in [0.25, 0.3) is 0 Å². The van der Waals surface area contributed by atoms with Gasteiger partial charge in [-0.15, -0.1) is 0 Å². The van der Waals surface area contributed by atoms with E-state index in [1.54, 1.807) is 53.7 Å². The summed E-state index contributed by atoms with van der Waals surface area (Å²) in [5.41, 5.74) is -0.263. The monoisotopic (exact) mass is 515 g/mol. The summed E-state index contributed by atoms with van der Waals surface area (Å²) in [4.78, 5) is 41.3. The van der Waals surface area contributed by atoms with Gasteiger partial charge in [-0.25, -0.2) is 4.79 Å². The van der Waals surface area contributed by atoms with Gasteiger partial charge in [0.1, 0.15) is 23.4 Å². The minimum atomic E-state index is -1.09. The van der Waals surface area contributed by atoms with Gasteiger partial charge in [0.2, 0.25) is 11.8 Å². The van der Waals surface area contributed by atoms with E-state index in [0.29, 0.717) is 5.56 Å². The number of phenols is 1. The third-order valence-electron chi connectivity index (χ3n) is 5.13. The number of phenolic OH excluding ortho intramolecular Hbond substituents is 1. The van der Waals surface area contributed by atoms with Gasteiger partial charge in [0.05, 0.1) is 0 Å². The lowest BCUT2D eigenvalue weighted by Crippen LogP contribution is -2.59. The summed E-state index contributed by atoms with van der Waals surface area (Å²) in [6.45, 7) is 10.8. The average molecular weight is 516 g/mol. The maximum atomic E-state index is 13.9. The molecule has 9 heteroatoms. The van der Waals surface area contributed by atoms with Gasteiger partial charge in [-0.1, -0.05) is 42.5 Å². The van der Waals surface area contributed by atoms with Crippen LogP contribution in [0.5, 0.6) is 5.75 Å². The van der Waals surface area contributed by atoms with E-state index in [2.05, 4.69) is 23.3 Å². The van der Waals surface area contributed by atoms with Crippen molar-refractivity contribution in [3.8, 4) is 5.75 Å². The first-order valence-electron chi connectivity index (χ1n) is 11.8. The number of nitrogens with one attached hydrogen (secondary N) is 2. The van der Waals surface area contributed by atoms with Crippen molar-refractivity contribution in [1.29, 1.82) is 0 Å². The standard InChI is InChI=1S/C27H37N3O5S/c1-26(2,3)30(24(33)21(17-36)29-25(34)35-27(4,5)6)22(19-13-10-14-20(31)15-19)23(32)28-16-18-11-8-7-9-12-18/h7-15,21-22,31,36H,16-17H2,1-6H3,(H,28,32)(H,29,34). The molecule has 8 nitrogen and oxygen atoms in total. The Balaban J connectivity index is 2.45. The van der Waals surface area contributed by atoms with Crippen LogP contribution in [0.25, 0.3) is 0 Å². The van der Waals surface area contributed by atoms with Crippen LogP contribution in [0.2, 0.25) is 0 Å². The summed E-state index contributed by atoms with van der Waals surface area (Å²) in [5, 5.41) is 15.6. The lowest BCUT2D eigenvalue weighted by molar-refractivity contribution is -0.148. The van der Waals surface area contributed by atoms with Gasteiger partial charge < -0.3 is 25.4 Å². The molecule has 2 aromatic rings. The Bertz CT molecular complexity index is 1050. The highest BCUT2D eigenvalue weighted by atomic mass is 32.1. The van der Waals surface area contributed by atoms with Crippen molar-refractivity contribution in [3.63, 3.8) is 0 Å². The largest absolute Gasteiger partial charge is 0.508 e. The topological polar surface area (TPSA) is 108 Å². The number of nitrogens with zero attached hydrogens (tertiary/aromatic N) is 1. The molecule has 0 aliphatic carbocycles.